The van der Waals surface area contributed by atoms with Crippen LogP contribution in [0.2, 0.25) is 0 Å². The van der Waals surface area contributed by atoms with Crippen LogP contribution in [0, 0.1) is 55.4 Å². The Balaban J connectivity index is 0.000000258. The molecular formula is C135H179B3Br2O8. The van der Waals surface area contributed by atoms with Crippen molar-refractivity contribution in [3.8, 4) is 66.8 Å². The number of hydrogen-bond acceptors (Lipinski definition) is 8. The summed E-state index contributed by atoms with van der Waals surface area (Å²) in [7, 11) is 10.7. The molecule has 4 aliphatic rings. The van der Waals surface area contributed by atoms with Crippen LogP contribution < -0.4 is 10.9 Å². The minimum absolute atomic E-state index is 0.162. The van der Waals surface area contributed by atoms with Crippen molar-refractivity contribution >= 4 is 65.8 Å². The van der Waals surface area contributed by atoms with Crippen LogP contribution in [0.15, 0.2) is 227 Å². The van der Waals surface area contributed by atoms with E-state index in [-0.39, 0.29) is 6.10 Å². The van der Waals surface area contributed by atoms with Crippen LogP contribution in [0.5, 0.6) is 0 Å². The molecule has 2 aliphatic carbocycles. The first-order valence-electron chi connectivity index (χ1n) is 55.8. The van der Waals surface area contributed by atoms with E-state index in [1.54, 1.807) is 55.4 Å². The van der Waals surface area contributed by atoms with Gasteiger partial charge < -0.3 is 39.1 Å². The molecule has 2 saturated heterocycles. The minimum atomic E-state index is -1.01. The molecule has 0 unspecified atom stereocenters. The number of hydrogen-bond donors (Lipinski definition) is 4. The zero-order valence-electron chi connectivity index (χ0n) is 96.2. The number of rotatable bonds is 32. The van der Waals surface area contributed by atoms with Gasteiger partial charge in [0.2, 0.25) is 0 Å². The molecule has 2 fully saturated rings. The number of halogens is 2. The van der Waals surface area contributed by atoms with Gasteiger partial charge in [0, 0.05) is 28.3 Å². The van der Waals surface area contributed by atoms with Crippen LogP contribution in [0.1, 0.15) is 379 Å². The minimum Gasteiger partial charge on any atom is -0.446 e. The van der Waals surface area contributed by atoms with Gasteiger partial charge in [-0.05, 0) is 449 Å². The van der Waals surface area contributed by atoms with Crippen molar-refractivity contribution in [3.05, 3.63) is 339 Å². The van der Waals surface area contributed by atoms with E-state index < -0.39 is 51.6 Å². The third kappa shape index (κ3) is 30.1. The molecule has 16 rings (SSSR count). The maximum absolute atomic E-state index is 9.10. The van der Waals surface area contributed by atoms with Gasteiger partial charge in [0.15, 0.2) is 0 Å². The lowest BCUT2D eigenvalue weighted by Gasteiger charge is -2.35. The van der Waals surface area contributed by atoms with Crippen molar-refractivity contribution in [2.24, 2.45) is 0 Å². The Morgan fingerprint density at radius 3 is 0.743 bits per heavy atom. The first kappa shape index (κ1) is 123. The molecule has 0 bridgehead atoms. The Hall–Kier alpha value is -8.53. The fourth-order valence-electron chi connectivity index (χ4n) is 20.8. The molecule has 4 N–H and O–H groups in total. The Kier molecular flexibility index (Phi) is 46.0. The highest BCUT2D eigenvalue weighted by atomic mass is 79.9. The fraction of sp³-hybridized carbons (Fsp3) is 0.467. The van der Waals surface area contributed by atoms with Gasteiger partial charge in [-0.3, -0.25) is 0 Å². The number of ether oxygens (including phenoxy) is 1. The Labute approximate surface area is 916 Å². The zero-order valence-corrected chi connectivity index (χ0v) is 99.4. The van der Waals surface area contributed by atoms with E-state index in [1.165, 1.54) is 294 Å². The Morgan fingerprint density at radius 1 is 0.331 bits per heavy atom. The van der Waals surface area contributed by atoms with Crippen LogP contribution in [0.3, 0.4) is 0 Å². The number of unbranched alkanes of at least 4 members (excludes halogenated alkanes) is 12. The van der Waals surface area contributed by atoms with E-state index in [4.69, 9.17) is 42.3 Å². The van der Waals surface area contributed by atoms with Crippen molar-refractivity contribution in [1.29, 1.82) is 0 Å². The van der Waals surface area contributed by atoms with Crippen LogP contribution >= 0.6 is 31.9 Å². The summed E-state index contributed by atoms with van der Waals surface area (Å²) in [6.45, 7) is 61.9. The van der Waals surface area contributed by atoms with E-state index in [1.807, 2.05) is 41.5 Å². The molecule has 0 atom stereocenters. The fourth-order valence-corrected chi connectivity index (χ4v) is 22.2. The third-order valence-corrected chi connectivity index (χ3v) is 31.9. The quantitative estimate of drug-likeness (QED) is 0.0243. The SMILES string of the molecule is C1CCOC1.CC.CC.CC(C)(O)C(C)(C)O.CC(C)(O)C(C)(C)O.CCCCCCc1ccc(C2(c3ccc(CCCCCC)cc3)c3cc(-c4c(C)cc(Br)cc4C)ccc3-c3ccc(-c4c(C)cc(Br)cc4C)cc32)cc1.[B]OC(C)C.[B]c1cc(C)c(-c2ccc3c(c2)C(c2ccc(CCCCCC)cc2)(c2ccc(CCCCCC)cc2)c2cc(-c4c(C)cc(B5OC(C)(C)C(C)(C)O5)cc4C)ccc2-3)c(C)c1. The average Bonchev–Trinajstić information content (AvgIpc) is 1.53. The topological polar surface area (TPSA) is 118 Å². The number of aryl methyl sites for hydroxylation is 12. The van der Waals surface area contributed by atoms with Gasteiger partial charge in [0.05, 0.1) is 44.4 Å². The van der Waals surface area contributed by atoms with Crippen LogP contribution in [-0.4, -0.2) is 96.4 Å². The van der Waals surface area contributed by atoms with Gasteiger partial charge in [-0.2, -0.15) is 0 Å². The number of benzene rings is 12. The molecule has 148 heavy (non-hydrogen) atoms. The van der Waals surface area contributed by atoms with Gasteiger partial charge in [0.25, 0.3) is 8.05 Å². The second kappa shape index (κ2) is 55.3. The van der Waals surface area contributed by atoms with Crippen molar-refractivity contribution in [3.63, 3.8) is 0 Å². The second-order valence-corrected chi connectivity index (χ2v) is 46.6. The summed E-state index contributed by atoms with van der Waals surface area (Å²) in [6.07, 6.45) is 27.5. The van der Waals surface area contributed by atoms with E-state index in [2.05, 4.69) is 374 Å². The molecule has 8 nitrogen and oxygen atoms in total. The molecule has 12 aromatic carbocycles. The molecular weight excluding hydrogens is 1940 g/mol. The second-order valence-electron chi connectivity index (χ2n) is 44.8. The smallest absolute Gasteiger partial charge is 0.446 e. The summed E-state index contributed by atoms with van der Waals surface area (Å²) in [5.74, 6) is 0. The molecule has 13 heteroatoms. The molecule has 12 aromatic rings. The highest BCUT2D eigenvalue weighted by Crippen LogP contribution is 2.61. The zero-order chi connectivity index (χ0) is 109. The van der Waals surface area contributed by atoms with Gasteiger partial charge in [-0.15, -0.1) is 0 Å². The summed E-state index contributed by atoms with van der Waals surface area (Å²) < 4.78 is 24.5. The maximum atomic E-state index is 9.10. The van der Waals surface area contributed by atoms with Crippen LogP contribution in [0.25, 0.3) is 66.8 Å². The van der Waals surface area contributed by atoms with E-state index in [9.17, 15) is 0 Å². The Bertz CT molecular complexity index is 5850. The van der Waals surface area contributed by atoms with Gasteiger partial charge >= 0.3 is 7.12 Å². The third-order valence-electron chi connectivity index (χ3n) is 31.0. The normalized spacial score (nSPS) is 14.2. The molecule has 0 aromatic heterocycles. The highest BCUT2D eigenvalue weighted by Gasteiger charge is 2.53. The van der Waals surface area contributed by atoms with Crippen molar-refractivity contribution < 1.29 is 39.1 Å². The van der Waals surface area contributed by atoms with E-state index in [0.29, 0.717) is 0 Å². The summed E-state index contributed by atoms with van der Waals surface area (Å²) in [4.78, 5) is 0. The van der Waals surface area contributed by atoms with Crippen molar-refractivity contribution in [2.75, 3.05) is 13.2 Å². The molecule has 0 amide bonds. The lowest BCUT2D eigenvalue weighted by Crippen LogP contribution is -2.44. The van der Waals surface area contributed by atoms with Crippen molar-refractivity contribution in [2.45, 2.75) is 400 Å². The highest BCUT2D eigenvalue weighted by molar-refractivity contribution is 9.10. The summed E-state index contributed by atoms with van der Waals surface area (Å²) in [5, 5.41) is 36.4. The average molecular weight is 2120 g/mol. The van der Waals surface area contributed by atoms with Gasteiger partial charge in [0.1, 0.15) is 7.85 Å². The first-order valence-corrected chi connectivity index (χ1v) is 57.4. The predicted octanol–water partition coefficient (Wildman–Crippen LogP) is 34.7. The monoisotopic (exact) mass is 2120 g/mol. The van der Waals surface area contributed by atoms with E-state index >= 15 is 0 Å². The summed E-state index contributed by atoms with van der Waals surface area (Å²) in [6, 6.07) is 85.8. The molecule has 2 aliphatic heterocycles. The van der Waals surface area contributed by atoms with Gasteiger partial charge in [-0.25, -0.2) is 0 Å². The molecule has 0 saturated carbocycles. The van der Waals surface area contributed by atoms with Gasteiger partial charge in [-0.1, -0.05) is 340 Å². The number of aliphatic hydroxyl groups is 4. The molecule has 2 heterocycles. The van der Waals surface area contributed by atoms with E-state index in [0.717, 1.165) is 58.8 Å². The van der Waals surface area contributed by atoms with Crippen molar-refractivity contribution in [1.82, 2.24) is 0 Å². The standard InChI is InChI=1S/C59H68B2O2.C53H56Br2.2C6H14O2.C4H8O.C3H7BO.2C2H6/c1-11-13-15-17-19-43-21-27-47(28-22-43)59(48-29-23-44(24-30-48)20-18-16-14-12-2)53-37-45(55-39(3)33-49(60)34-40(55)4)25-31-51(53)52-32-26-46(38-54(52)59)56-41(5)35-50(36-42(56)6)61-62-57(7,8)58(9,10)63-61;1-7-9-11-13-15-39-17-23-43(24-18-39)53(44-25-19-40(20-26-44)16-14-12-10-8-2)49-33-41(51-35(3)29-45(54)30-36(51)4)21-27-47(49)48-28-22-42(34-50(48)53)52-37(5)31-46(55)32-38(52)6;2*1-5(2,7)6(3,4)8;1-2-4-5-3-1;1-3(2)5-4;2*1-2/h21-38H,11-20H2,1-10H3;17-34H,7-16H2,1-6H3;2*7-8H,1-4H3;1-4H2;3H,1-2H3;2*1-2H3. The first-order chi connectivity index (χ1) is 70.1. The molecule has 790 valence electrons. The largest absolute Gasteiger partial charge is 0.494 e. The summed E-state index contributed by atoms with van der Waals surface area (Å²) >= 11 is 7.53. The van der Waals surface area contributed by atoms with Crippen LogP contribution in [-0.2, 0) is 55.2 Å². The lowest BCUT2D eigenvalue weighted by molar-refractivity contribution is -0.107. The molecule has 0 spiro atoms. The predicted molar refractivity (Wildman–Crippen MR) is 645 cm³/mol. The maximum Gasteiger partial charge on any atom is 0.494 e. The van der Waals surface area contributed by atoms with Crippen LogP contribution in [0.4, 0.5) is 0 Å². The number of fused-ring (bicyclic) bond motifs is 6. The summed E-state index contributed by atoms with van der Waals surface area (Å²) in [5.41, 5.74) is 37.8. The lowest BCUT2D eigenvalue weighted by atomic mass is 9.66. The molecule has 4 radical (unpaired) electrons. The Morgan fingerprint density at radius 2 is 0.547 bits per heavy atom.